The molecule has 2 heterocycles. The van der Waals surface area contributed by atoms with Crippen LogP contribution in [-0.2, 0) is 23.1 Å². The average molecular weight is 436 g/mol. The van der Waals surface area contributed by atoms with Crippen molar-refractivity contribution in [2.24, 2.45) is 7.05 Å². The highest BCUT2D eigenvalue weighted by atomic mass is 35.5. The predicted molar refractivity (Wildman–Crippen MR) is 115 cm³/mol. The number of anilines is 1. The molecule has 0 atom stereocenters. The Hall–Kier alpha value is -2.06. The third-order valence-corrected chi connectivity index (χ3v) is 6.40. The Kier molecular flexibility index (Phi) is 7.55. The number of aromatic nitrogens is 3. The Morgan fingerprint density at radius 2 is 1.97 bits per heavy atom. The van der Waals surface area contributed by atoms with E-state index in [4.69, 9.17) is 11.6 Å². The van der Waals surface area contributed by atoms with Gasteiger partial charge < -0.3 is 14.8 Å². The van der Waals surface area contributed by atoms with Gasteiger partial charge in [-0.3, -0.25) is 9.59 Å². The molecule has 0 radical (unpaired) electrons. The summed E-state index contributed by atoms with van der Waals surface area (Å²) in [6.45, 7) is 3.62. The molecule has 156 valence electrons. The topological polar surface area (TPSA) is 80.1 Å². The minimum atomic E-state index is -0.109. The third-order valence-electron chi connectivity index (χ3n) is 4.99. The Bertz CT molecular complexity index is 880. The fraction of sp³-hybridized carbons (Fsp3) is 0.500. The fourth-order valence-corrected chi connectivity index (χ4v) is 4.18. The lowest BCUT2D eigenvalue weighted by Crippen LogP contribution is -2.36. The van der Waals surface area contributed by atoms with Crippen LogP contribution in [0.15, 0.2) is 23.4 Å². The molecule has 2 aromatic rings. The van der Waals surface area contributed by atoms with Crippen LogP contribution in [0.2, 0.25) is 5.02 Å². The molecular weight excluding hydrogens is 410 g/mol. The standard InChI is InChI=1S/C20H26ClN5O2S/c1-14-6-7-15(12-16(14)21)22-18(27)9-8-17-23-24-20(25(17)2)29-13-19(28)26-10-4-3-5-11-26/h6-7,12H,3-5,8-11,13H2,1-2H3,(H,22,27). The van der Waals surface area contributed by atoms with Gasteiger partial charge in [0.15, 0.2) is 5.16 Å². The molecule has 1 N–H and O–H groups in total. The lowest BCUT2D eigenvalue weighted by molar-refractivity contribution is -0.129. The number of halogens is 1. The molecule has 1 saturated heterocycles. The number of piperidine rings is 1. The minimum Gasteiger partial charge on any atom is -0.342 e. The van der Waals surface area contributed by atoms with Crippen LogP contribution in [0, 0.1) is 6.92 Å². The zero-order valence-corrected chi connectivity index (χ0v) is 18.4. The molecule has 1 aliphatic rings. The first-order valence-corrected chi connectivity index (χ1v) is 11.1. The molecule has 0 spiro atoms. The number of likely N-dealkylation sites (tertiary alicyclic amines) is 1. The van der Waals surface area contributed by atoms with Crippen LogP contribution in [0.4, 0.5) is 5.69 Å². The molecule has 29 heavy (non-hydrogen) atoms. The summed E-state index contributed by atoms with van der Waals surface area (Å²) in [6.07, 6.45) is 4.13. The van der Waals surface area contributed by atoms with Crippen LogP contribution in [0.1, 0.15) is 37.1 Å². The second kappa shape index (κ2) is 10.1. The fourth-order valence-electron chi connectivity index (χ4n) is 3.17. The van der Waals surface area contributed by atoms with Gasteiger partial charge in [0, 0.05) is 43.7 Å². The van der Waals surface area contributed by atoms with Crippen LogP contribution in [0.25, 0.3) is 0 Å². The number of nitrogens with one attached hydrogen (secondary N) is 1. The van der Waals surface area contributed by atoms with E-state index in [0.717, 1.165) is 37.3 Å². The summed E-state index contributed by atoms with van der Waals surface area (Å²) in [5.74, 6) is 1.12. The van der Waals surface area contributed by atoms with E-state index in [2.05, 4.69) is 15.5 Å². The Balaban J connectivity index is 1.48. The van der Waals surface area contributed by atoms with E-state index in [1.165, 1.54) is 18.2 Å². The Morgan fingerprint density at radius 3 is 2.69 bits per heavy atom. The first kappa shape index (κ1) is 21.6. The van der Waals surface area contributed by atoms with Gasteiger partial charge in [0.25, 0.3) is 0 Å². The minimum absolute atomic E-state index is 0.109. The number of hydrogen-bond acceptors (Lipinski definition) is 5. The smallest absolute Gasteiger partial charge is 0.233 e. The van der Waals surface area contributed by atoms with Crippen molar-refractivity contribution in [3.63, 3.8) is 0 Å². The van der Waals surface area contributed by atoms with E-state index in [9.17, 15) is 9.59 Å². The van der Waals surface area contributed by atoms with Gasteiger partial charge in [0.2, 0.25) is 11.8 Å². The number of benzene rings is 1. The van der Waals surface area contributed by atoms with Gasteiger partial charge in [0.05, 0.1) is 5.75 Å². The van der Waals surface area contributed by atoms with Crippen molar-refractivity contribution in [1.29, 1.82) is 0 Å². The molecule has 0 aliphatic carbocycles. The second-order valence-corrected chi connectivity index (χ2v) is 8.55. The van der Waals surface area contributed by atoms with Gasteiger partial charge >= 0.3 is 0 Å². The van der Waals surface area contributed by atoms with Crippen molar-refractivity contribution >= 4 is 40.9 Å². The van der Waals surface area contributed by atoms with E-state index >= 15 is 0 Å². The van der Waals surface area contributed by atoms with Crippen molar-refractivity contribution < 1.29 is 9.59 Å². The van der Waals surface area contributed by atoms with Crippen molar-refractivity contribution in [2.75, 3.05) is 24.2 Å². The highest BCUT2D eigenvalue weighted by Gasteiger charge is 2.18. The number of hydrogen-bond donors (Lipinski definition) is 1. The number of aryl methyl sites for hydroxylation is 2. The first-order valence-electron chi connectivity index (χ1n) is 9.79. The molecule has 2 amide bonds. The Labute approximate surface area is 180 Å². The number of rotatable bonds is 7. The number of carbonyl (C=O) groups is 2. The number of thioether (sulfide) groups is 1. The number of amides is 2. The number of carbonyl (C=O) groups excluding carboxylic acids is 2. The van der Waals surface area contributed by atoms with E-state index in [-0.39, 0.29) is 18.2 Å². The molecule has 1 aliphatic heterocycles. The zero-order chi connectivity index (χ0) is 20.8. The van der Waals surface area contributed by atoms with Crippen molar-refractivity contribution in [3.05, 3.63) is 34.6 Å². The van der Waals surface area contributed by atoms with Crippen LogP contribution >= 0.6 is 23.4 Å². The maximum atomic E-state index is 12.3. The molecule has 1 fully saturated rings. The summed E-state index contributed by atoms with van der Waals surface area (Å²) in [5, 5.41) is 12.5. The van der Waals surface area contributed by atoms with E-state index in [1.54, 1.807) is 6.07 Å². The molecule has 0 bridgehead atoms. The van der Waals surface area contributed by atoms with Gasteiger partial charge in [-0.1, -0.05) is 29.4 Å². The van der Waals surface area contributed by atoms with Crippen LogP contribution in [0.3, 0.4) is 0 Å². The van der Waals surface area contributed by atoms with Crippen LogP contribution in [0.5, 0.6) is 0 Å². The molecule has 1 aromatic carbocycles. The highest BCUT2D eigenvalue weighted by Crippen LogP contribution is 2.21. The van der Waals surface area contributed by atoms with Crippen molar-refractivity contribution in [3.8, 4) is 0 Å². The maximum Gasteiger partial charge on any atom is 0.233 e. The Morgan fingerprint density at radius 1 is 1.21 bits per heavy atom. The zero-order valence-electron chi connectivity index (χ0n) is 16.8. The maximum absolute atomic E-state index is 12.3. The molecule has 0 unspecified atom stereocenters. The summed E-state index contributed by atoms with van der Waals surface area (Å²) >= 11 is 7.49. The van der Waals surface area contributed by atoms with Crippen molar-refractivity contribution in [1.82, 2.24) is 19.7 Å². The molecule has 0 saturated carbocycles. The highest BCUT2D eigenvalue weighted by molar-refractivity contribution is 7.99. The van der Waals surface area contributed by atoms with Gasteiger partial charge in [-0.05, 0) is 43.9 Å². The third kappa shape index (κ3) is 5.96. The van der Waals surface area contributed by atoms with E-state index < -0.39 is 0 Å². The largest absolute Gasteiger partial charge is 0.342 e. The monoisotopic (exact) mass is 435 g/mol. The normalized spacial score (nSPS) is 14.1. The summed E-state index contributed by atoms with van der Waals surface area (Å²) in [5.41, 5.74) is 1.64. The summed E-state index contributed by atoms with van der Waals surface area (Å²) < 4.78 is 1.85. The molecule has 3 rings (SSSR count). The second-order valence-electron chi connectivity index (χ2n) is 7.20. The van der Waals surface area contributed by atoms with Crippen LogP contribution in [-0.4, -0.2) is 50.3 Å². The quantitative estimate of drug-likeness (QED) is 0.673. The lowest BCUT2D eigenvalue weighted by Gasteiger charge is -2.26. The SMILES string of the molecule is Cc1ccc(NC(=O)CCc2nnc(SCC(=O)N3CCCCC3)n2C)cc1Cl. The van der Waals surface area contributed by atoms with Gasteiger partial charge in [0.1, 0.15) is 5.82 Å². The van der Waals surface area contributed by atoms with Crippen molar-refractivity contribution in [2.45, 2.75) is 44.2 Å². The molecular formula is C20H26ClN5O2S. The van der Waals surface area contributed by atoms with Crippen LogP contribution < -0.4 is 5.32 Å². The average Bonchev–Trinajstić information content (AvgIpc) is 3.07. The molecule has 1 aromatic heterocycles. The van der Waals surface area contributed by atoms with Gasteiger partial charge in [-0.25, -0.2) is 0 Å². The number of nitrogens with zero attached hydrogens (tertiary/aromatic N) is 4. The lowest BCUT2D eigenvalue weighted by atomic mass is 10.1. The van der Waals surface area contributed by atoms with E-state index in [0.29, 0.717) is 28.0 Å². The van der Waals surface area contributed by atoms with Gasteiger partial charge in [-0.15, -0.1) is 10.2 Å². The van der Waals surface area contributed by atoms with Gasteiger partial charge in [-0.2, -0.15) is 0 Å². The first-order chi connectivity index (χ1) is 13.9. The summed E-state index contributed by atoms with van der Waals surface area (Å²) in [4.78, 5) is 26.5. The molecule has 7 nitrogen and oxygen atoms in total. The summed E-state index contributed by atoms with van der Waals surface area (Å²) in [7, 11) is 1.86. The predicted octanol–water partition coefficient (Wildman–Crippen LogP) is 3.45. The molecule has 9 heteroatoms. The summed E-state index contributed by atoms with van der Waals surface area (Å²) in [6, 6.07) is 5.44. The van der Waals surface area contributed by atoms with E-state index in [1.807, 2.05) is 35.6 Å².